The number of hydrogen-bond acceptors (Lipinski definition) is 17. The van der Waals surface area contributed by atoms with E-state index < -0.39 is 122 Å². The van der Waals surface area contributed by atoms with E-state index in [2.05, 4.69) is 9.98 Å². The molecule has 0 aromatic rings. The minimum Gasteiger partial charge on any atom is -0.862 e. The molecule has 0 bridgehead atoms. The predicted molar refractivity (Wildman–Crippen MR) is 125 cm³/mol. The van der Waals surface area contributed by atoms with Crippen molar-refractivity contribution in [3.63, 3.8) is 0 Å². The molecule has 2 saturated heterocycles. The van der Waals surface area contributed by atoms with Crippen LogP contribution in [0.15, 0.2) is 9.98 Å². The molecule has 2 aliphatic heterocycles. The van der Waals surface area contributed by atoms with Gasteiger partial charge in [-0.15, -0.1) is 0 Å². The molecule has 2 aliphatic rings. The minimum absolute atomic E-state index is 0. The average molecular weight is 677 g/mol. The molecule has 19 nitrogen and oxygen atoms in total. The smallest absolute Gasteiger partial charge is 0.862 e. The summed E-state index contributed by atoms with van der Waals surface area (Å²) in [5.74, 6) is -11.7. The minimum atomic E-state index is -3.07. The van der Waals surface area contributed by atoms with E-state index in [1.54, 1.807) is 0 Å². The predicted octanol–water partition coefficient (Wildman–Crippen LogP) is -13.4. The molecule has 0 radical (unpaired) electrons. The maximum absolute atomic E-state index is 12.2. The first-order chi connectivity index (χ1) is 18.9. The molecule has 0 aromatic carbocycles. The van der Waals surface area contributed by atoms with Crippen molar-refractivity contribution in [1.82, 2.24) is 0 Å². The molecular formula is C22H34K2N2O17. The molecule has 0 amide bonds. The van der Waals surface area contributed by atoms with Crippen LogP contribution < -0.4 is 113 Å². The van der Waals surface area contributed by atoms with Crippen LogP contribution in [0.3, 0.4) is 0 Å². The van der Waals surface area contributed by atoms with Crippen LogP contribution in [0.25, 0.3) is 0 Å². The van der Waals surface area contributed by atoms with Crippen LogP contribution >= 0.6 is 0 Å². The second-order valence-electron chi connectivity index (χ2n) is 9.74. The Morgan fingerprint density at radius 2 is 1.30 bits per heavy atom. The Bertz CT molecular complexity index is 999. The van der Waals surface area contributed by atoms with Crippen LogP contribution in [0.4, 0.5) is 0 Å². The topological polar surface area (TPSA) is 335 Å². The van der Waals surface area contributed by atoms with Gasteiger partial charge in [0.2, 0.25) is 0 Å². The quantitative estimate of drug-likeness (QED) is 0.0521. The number of aliphatic carboxylic acids is 2. The van der Waals surface area contributed by atoms with E-state index >= 15 is 0 Å². The van der Waals surface area contributed by atoms with Crippen molar-refractivity contribution >= 4 is 23.7 Å². The maximum atomic E-state index is 12.2. The van der Waals surface area contributed by atoms with Crippen LogP contribution in [0.1, 0.15) is 26.7 Å². The summed E-state index contributed by atoms with van der Waals surface area (Å²) in [5.41, 5.74) is 0. The van der Waals surface area contributed by atoms with Gasteiger partial charge in [-0.05, 0) is 25.6 Å². The van der Waals surface area contributed by atoms with E-state index in [0.29, 0.717) is 0 Å². The van der Waals surface area contributed by atoms with Gasteiger partial charge in [0.1, 0.15) is 48.7 Å². The summed E-state index contributed by atoms with van der Waals surface area (Å²) in [7, 11) is 0. The number of hydrogen-bond donors (Lipinski definition) is 10. The molecule has 0 unspecified atom stereocenters. The molecule has 0 aliphatic carbocycles. The number of carboxylic acid groups (broad SMARTS) is 2. The van der Waals surface area contributed by atoms with E-state index in [9.17, 15) is 70.9 Å². The van der Waals surface area contributed by atoms with Crippen LogP contribution in [-0.2, 0) is 23.8 Å². The van der Waals surface area contributed by atoms with Gasteiger partial charge < -0.3 is 75.5 Å². The van der Waals surface area contributed by atoms with Gasteiger partial charge in [0.15, 0.2) is 0 Å². The number of nitrogens with zero attached hydrogens (tertiary/aromatic N) is 2. The van der Waals surface area contributed by atoms with Crippen molar-refractivity contribution < 1.29 is 188 Å². The van der Waals surface area contributed by atoms with Gasteiger partial charge in [0.05, 0.1) is 25.4 Å². The molecular weight excluding hydrogens is 642 g/mol. The molecule has 12 atom stereocenters. The monoisotopic (exact) mass is 676 g/mol. The Balaban J connectivity index is 0.00000882. The maximum Gasteiger partial charge on any atom is 1.00 e. The molecule has 2 heterocycles. The van der Waals surface area contributed by atoms with Gasteiger partial charge in [0, 0.05) is 12.8 Å². The zero-order valence-electron chi connectivity index (χ0n) is 23.8. The molecule has 0 aromatic heterocycles. The molecule has 0 spiro atoms. The fourth-order valence-electron chi connectivity index (χ4n) is 4.50. The SMILES string of the molecule is CC([O-])=N[C@H]1[C@H]([C@H](O)[C@H](O)CO)O[C@@](OC[C@@H](O)[C@@H](O)[C@@H]2O[C@](O)(C(=O)O)C[C@H](O)[C@H]2N=C(C)[O-])(C(=O)O)C[C@@H]1O.[K+].[K+]. The van der Waals surface area contributed by atoms with Gasteiger partial charge in [-0.1, -0.05) is 0 Å². The Labute approximate surface area is 329 Å². The Hall–Kier alpha value is 0.713. The third-order valence-corrected chi connectivity index (χ3v) is 6.54. The van der Waals surface area contributed by atoms with Gasteiger partial charge in [-0.3, -0.25) is 9.98 Å². The summed E-state index contributed by atoms with van der Waals surface area (Å²) in [6.07, 6.45) is -18.2. The van der Waals surface area contributed by atoms with Crippen molar-refractivity contribution in [1.29, 1.82) is 0 Å². The molecule has 21 heteroatoms. The van der Waals surface area contributed by atoms with Crippen molar-refractivity contribution in [3.05, 3.63) is 0 Å². The summed E-state index contributed by atoms with van der Waals surface area (Å²) < 4.78 is 15.5. The Morgan fingerprint density at radius 3 is 1.72 bits per heavy atom. The van der Waals surface area contributed by atoms with E-state index in [-0.39, 0.29) is 103 Å². The summed E-state index contributed by atoms with van der Waals surface area (Å²) in [6, 6.07) is -3.32. The first-order valence-corrected chi connectivity index (χ1v) is 12.2. The van der Waals surface area contributed by atoms with Crippen molar-refractivity contribution in [2.45, 2.75) is 99.2 Å². The number of carbonyl (C=O) groups is 2. The zero-order valence-corrected chi connectivity index (χ0v) is 30.1. The van der Waals surface area contributed by atoms with E-state index in [0.717, 1.165) is 13.8 Å². The number of rotatable bonds is 12. The average Bonchev–Trinajstić information content (AvgIpc) is 2.88. The number of aliphatic imine (C=N–C) groups is 2. The molecule has 10 N–H and O–H groups in total. The van der Waals surface area contributed by atoms with Gasteiger partial charge >= 0.3 is 115 Å². The largest absolute Gasteiger partial charge is 1.00 e. The fraction of sp³-hybridized carbons (Fsp3) is 0.818. The Kier molecular flexibility index (Phi) is 18.6. The zero-order chi connectivity index (χ0) is 31.4. The van der Waals surface area contributed by atoms with Crippen LogP contribution in [0.5, 0.6) is 0 Å². The Morgan fingerprint density at radius 1 is 0.860 bits per heavy atom. The summed E-state index contributed by atoms with van der Waals surface area (Å²) in [5, 5.41) is 124. The number of aliphatic hydroxyl groups is 8. The third kappa shape index (κ3) is 10.9. The normalized spacial score (nSPS) is 36.3. The molecule has 43 heavy (non-hydrogen) atoms. The van der Waals surface area contributed by atoms with Crippen molar-refractivity contribution in [3.8, 4) is 0 Å². The number of aliphatic hydroxyl groups excluding tert-OH is 7. The molecule has 2 fully saturated rings. The van der Waals surface area contributed by atoms with E-state index in [4.69, 9.17) is 14.2 Å². The summed E-state index contributed by atoms with van der Waals surface area (Å²) >= 11 is 0. The second kappa shape index (κ2) is 18.3. The van der Waals surface area contributed by atoms with Gasteiger partial charge in [0.25, 0.3) is 11.6 Å². The number of carboxylic acids is 2. The second-order valence-corrected chi connectivity index (χ2v) is 9.74. The van der Waals surface area contributed by atoms with Gasteiger partial charge in [-0.25, -0.2) is 9.59 Å². The summed E-state index contributed by atoms with van der Waals surface area (Å²) in [6.45, 7) is -0.292. The number of ether oxygens (including phenoxy) is 3. The van der Waals surface area contributed by atoms with Crippen molar-refractivity contribution in [2.24, 2.45) is 9.98 Å². The molecule has 236 valence electrons. The van der Waals surface area contributed by atoms with Crippen LogP contribution in [-0.4, -0.2) is 161 Å². The van der Waals surface area contributed by atoms with Crippen LogP contribution in [0, 0.1) is 0 Å². The fourth-order valence-corrected chi connectivity index (χ4v) is 4.50. The first-order valence-electron chi connectivity index (χ1n) is 12.2. The first kappa shape index (κ1) is 43.7. The van der Waals surface area contributed by atoms with Gasteiger partial charge in [-0.2, -0.15) is 0 Å². The standard InChI is InChI=1S/C22H36N2O17.2K/c1-7(26)23-13-9(28)3-21(38,19(34)35)40-17(13)16(33)12(31)6-39-22(20(36)37)4-10(29)14(24-8(2)27)18(41-22)15(32)11(30)5-25;;/h9-18,25,28-33,38H,3-6H2,1-2H3,(H,23,26)(H,24,27)(H,34,35)(H,36,37);;/q;2*+1/p-2/t9-,10-,11+,12+,13+,14+,15+,16+,17+,18+,21-,22+;;/m0../s1. The van der Waals surface area contributed by atoms with Crippen LogP contribution in [0.2, 0.25) is 0 Å². The van der Waals surface area contributed by atoms with E-state index in [1.165, 1.54) is 0 Å². The van der Waals surface area contributed by atoms with E-state index in [1.807, 2.05) is 0 Å². The summed E-state index contributed by atoms with van der Waals surface area (Å²) in [4.78, 5) is 30.8. The third-order valence-electron chi connectivity index (χ3n) is 6.54. The molecule has 0 saturated carbocycles. The van der Waals surface area contributed by atoms with Crippen molar-refractivity contribution in [2.75, 3.05) is 13.2 Å². The molecule has 2 rings (SSSR count).